The number of Topliss-reactive ketones (excluding diaryl/α,β-unsaturated/α-hetero) is 1. The Morgan fingerprint density at radius 2 is 2.06 bits per heavy atom. The van der Waals surface area contributed by atoms with Crippen LogP contribution in [-0.4, -0.2) is 40.8 Å². The fourth-order valence-corrected chi connectivity index (χ4v) is 4.12. The molecule has 0 saturated heterocycles. The van der Waals surface area contributed by atoms with Crippen molar-refractivity contribution in [2.75, 3.05) is 11.5 Å². The summed E-state index contributed by atoms with van der Waals surface area (Å²) in [6.07, 6.45) is 5.51. The average molecular weight is 468 g/mol. The van der Waals surface area contributed by atoms with Crippen LogP contribution >= 0.6 is 11.8 Å². The molecule has 0 aliphatic rings. The number of carbonyl (C=O) groups is 1. The molecule has 4 heterocycles. The Hall–Kier alpha value is -3.93. The lowest BCUT2D eigenvalue weighted by molar-refractivity contribution is 0.102. The van der Waals surface area contributed by atoms with Gasteiger partial charge in [0.25, 0.3) is 5.56 Å². The Morgan fingerprint density at radius 1 is 1.21 bits per heavy atom. The second-order valence-corrected chi connectivity index (χ2v) is 8.04. The summed E-state index contributed by atoms with van der Waals surface area (Å²) in [6, 6.07) is 7.24. The van der Waals surface area contributed by atoms with Crippen LogP contribution in [0.5, 0.6) is 0 Å². The third kappa shape index (κ3) is 4.65. The van der Waals surface area contributed by atoms with E-state index in [0.29, 0.717) is 36.3 Å². The van der Waals surface area contributed by atoms with Gasteiger partial charge in [-0.1, -0.05) is 18.7 Å². The van der Waals surface area contributed by atoms with E-state index in [4.69, 9.17) is 10.2 Å². The van der Waals surface area contributed by atoms with E-state index in [1.165, 1.54) is 4.57 Å². The van der Waals surface area contributed by atoms with Gasteiger partial charge >= 0.3 is 5.69 Å². The van der Waals surface area contributed by atoms with Gasteiger partial charge in [-0.3, -0.25) is 28.7 Å². The van der Waals surface area contributed by atoms with Crippen LogP contribution in [-0.2, 0) is 13.1 Å². The number of nitrogens with zero attached hydrogens (tertiary/aromatic N) is 5. The van der Waals surface area contributed by atoms with Gasteiger partial charge in [-0.15, -0.1) is 10.2 Å². The van der Waals surface area contributed by atoms with E-state index < -0.39 is 17.0 Å². The maximum absolute atomic E-state index is 12.9. The van der Waals surface area contributed by atoms with E-state index in [0.717, 1.165) is 17.3 Å². The number of rotatable bonds is 9. The molecule has 33 heavy (non-hydrogen) atoms. The van der Waals surface area contributed by atoms with Gasteiger partial charge in [-0.2, -0.15) is 0 Å². The number of ketones is 1. The number of hydrogen-bond donors (Lipinski definition) is 2. The number of pyridine rings is 1. The average Bonchev–Trinajstić information content (AvgIpc) is 3.46. The second-order valence-electron chi connectivity index (χ2n) is 7.10. The van der Waals surface area contributed by atoms with E-state index >= 15 is 0 Å². The van der Waals surface area contributed by atoms with Gasteiger partial charge in [0.2, 0.25) is 0 Å². The lowest BCUT2D eigenvalue weighted by Crippen LogP contribution is -2.36. The lowest BCUT2D eigenvalue weighted by Gasteiger charge is -2.11. The summed E-state index contributed by atoms with van der Waals surface area (Å²) < 4.78 is 8.46. The smallest absolute Gasteiger partial charge is 0.329 e. The Bertz CT molecular complexity index is 1370. The first-order valence-corrected chi connectivity index (χ1v) is 11.1. The number of H-pyrrole nitrogens is 1. The van der Waals surface area contributed by atoms with Crippen LogP contribution in [0.25, 0.3) is 11.4 Å². The van der Waals surface area contributed by atoms with Crippen molar-refractivity contribution in [2.24, 2.45) is 0 Å². The minimum atomic E-state index is -0.802. The molecule has 0 amide bonds. The number of nitrogens with two attached hydrogens (primary N) is 1. The zero-order chi connectivity index (χ0) is 23.4. The quantitative estimate of drug-likeness (QED) is 0.277. The molecule has 11 nitrogen and oxygen atoms in total. The molecular formula is C21H21N7O4S. The van der Waals surface area contributed by atoms with Crippen molar-refractivity contribution < 1.29 is 9.21 Å². The number of carbonyl (C=O) groups excluding carboxylic acids is 1. The van der Waals surface area contributed by atoms with Gasteiger partial charge in [0, 0.05) is 24.5 Å². The van der Waals surface area contributed by atoms with Crippen molar-refractivity contribution in [2.45, 2.75) is 31.6 Å². The molecule has 0 radical (unpaired) electrons. The number of nitrogen functional groups attached to an aromatic ring is 1. The van der Waals surface area contributed by atoms with Gasteiger partial charge in [-0.05, 0) is 30.7 Å². The van der Waals surface area contributed by atoms with Gasteiger partial charge in [0.1, 0.15) is 17.1 Å². The first-order chi connectivity index (χ1) is 16.0. The topological polar surface area (TPSA) is 155 Å². The molecule has 0 aliphatic carbocycles. The molecule has 4 aromatic rings. The molecule has 0 atom stereocenters. The molecule has 12 heteroatoms. The summed E-state index contributed by atoms with van der Waals surface area (Å²) in [5.74, 6) is 0.466. The first-order valence-electron chi connectivity index (χ1n) is 10.1. The summed E-state index contributed by atoms with van der Waals surface area (Å²) in [4.78, 5) is 43.5. The molecule has 0 unspecified atom stereocenters. The Balaban J connectivity index is 1.63. The zero-order valence-electron chi connectivity index (χ0n) is 17.7. The van der Waals surface area contributed by atoms with Crippen molar-refractivity contribution in [1.29, 1.82) is 0 Å². The number of aromatic nitrogens is 6. The number of thioether (sulfide) groups is 1. The molecule has 4 rings (SSSR count). The fourth-order valence-electron chi connectivity index (χ4n) is 3.31. The summed E-state index contributed by atoms with van der Waals surface area (Å²) in [5, 5.41) is 8.94. The van der Waals surface area contributed by atoms with Crippen LogP contribution in [0.15, 0.2) is 62.1 Å². The van der Waals surface area contributed by atoms with Gasteiger partial charge in [-0.25, -0.2) is 4.79 Å². The van der Waals surface area contributed by atoms with Gasteiger partial charge < -0.3 is 10.2 Å². The molecule has 0 aliphatic heterocycles. The Labute approximate surface area is 191 Å². The molecule has 0 aromatic carbocycles. The molecular weight excluding hydrogens is 446 g/mol. The molecule has 3 N–H and O–H groups in total. The highest BCUT2D eigenvalue weighted by Gasteiger charge is 2.22. The normalized spacial score (nSPS) is 11.1. The monoisotopic (exact) mass is 467 g/mol. The number of anilines is 1. The predicted molar refractivity (Wildman–Crippen MR) is 122 cm³/mol. The van der Waals surface area contributed by atoms with Crippen LogP contribution in [0.1, 0.15) is 29.5 Å². The Kier molecular flexibility index (Phi) is 6.54. The largest absolute Gasteiger partial charge is 0.467 e. The van der Waals surface area contributed by atoms with Crippen molar-refractivity contribution in [3.05, 3.63) is 75.1 Å². The molecule has 0 fully saturated rings. The molecule has 170 valence electrons. The third-order valence-corrected chi connectivity index (χ3v) is 5.80. The fraction of sp³-hybridized carbons (Fsp3) is 0.238. The number of aromatic amines is 1. The number of hydrogen-bond acceptors (Lipinski definition) is 9. The zero-order valence-corrected chi connectivity index (χ0v) is 18.5. The van der Waals surface area contributed by atoms with E-state index in [-0.39, 0.29) is 17.1 Å². The second kappa shape index (κ2) is 9.69. The van der Waals surface area contributed by atoms with Crippen molar-refractivity contribution in [1.82, 2.24) is 29.3 Å². The van der Waals surface area contributed by atoms with E-state index in [9.17, 15) is 14.4 Å². The van der Waals surface area contributed by atoms with Crippen LogP contribution in [0.3, 0.4) is 0 Å². The maximum atomic E-state index is 12.9. The standard InChI is InChI=1S/C21H21N7O4S/c1-2-8-27-17(22)16(19(30)24-20(27)31)15(29)12-33-21-26-25-18(13-5-3-7-23-10-13)28(21)11-14-6-4-9-32-14/h3-7,9-10H,2,8,11-12,22H2,1H3,(H,24,30,31). The van der Waals surface area contributed by atoms with Crippen molar-refractivity contribution >= 4 is 23.4 Å². The van der Waals surface area contributed by atoms with Crippen molar-refractivity contribution in [3.63, 3.8) is 0 Å². The highest BCUT2D eigenvalue weighted by Crippen LogP contribution is 2.25. The first kappa shape index (κ1) is 22.3. The molecule has 4 aromatic heterocycles. The lowest BCUT2D eigenvalue weighted by atomic mass is 10.2. The summed E-state index contributed by atoms with van der Waals surface area (Å²) in [5.41, 5.74) is 5.08. The summed E-state index contributed by atoms with van der Waals surface area (Å²) >= 11 is 1.11. The minimum Gasteiger partial charge on any atom is -0.467 e. The van der Waals surface area contributed by atoms with Crippen LogP contribution in [0.2, 0.25) is 0 Å². The highest BCUT2D eigenvalue weighted by atomic mass is 32.2. The van der Waals surface area contributed by atoms with Gasteiger partial charge in [0.15, 0.2) is 16.8 Å². The third-order valence-electron chi connectivity index (χ3n) is 4.83. The molecule has 0 spiro atoms. The van der Waals surface area contributed by atoms with E-state index in [2.05, 4.69) is 20.2 Å². The summed E-state index contributed by atoms with van der Waals surface area (Å²) in [6.45, 7) is 2.49. The highest BCUT2D eigenvalue weighted by molar-refractivity contribution is 7.99. The number of nitrogens with one attached hydrogen (secondary N) is 1. The minimum absolute atomic E-state index is 0.124. The van der Waals surface area contributed by atoms with Crippen molar-refractivity contribution in [3.8, 4) is 11.4 Å². The van der Waals surface area contributed by atoms with E-state index in [1.54, 1.807) is 35.4 Å². The van der Waals surface area contributed by atoms with Gasteiger partial charge in [0.05, 0.1) is 18.6 Å². The van der Waals surface area contributed by atoms with Crippen LogP contribution in [0.4, 0.5) is 5.82 Å². The predicted octanol–water partition coefficient (Wildman–Crippen LogP) is 1.80. The Morgan fingerprint density at radius 3 is 2.76 bits per heavy atom. The van der Waals surface area contributed by atoms with E-state index in [1.807, 2.05) is 19.1 Å². The number of furan rings is 1. The summed E-state index contributed by atoms with van der Waals surface area (Å²) in [7, 11) is 0. The van der Waals surface area contributed by atoms with Crippen LogP contribution < -0.4 is 17.0 Å². The van der Waals surface area contributed by atoms with Crippen LogP contribution in [0, 0.1) is 0 Å². The SMILES string of the molecule is CCCn1c(N)c(C(=O)CSc2nnc(-c3cccnc3)n2Cc2ccco2)c(=O)[nH]c1=O. The maximum Gasteiger partial charge on any atom is 0.329 e. The molecule has 0 saturated carbocycles. The molecule has 0 bridgehead atoms.